The van der Waals surface area contributed by atoms with E-state index in [0.717, 1.165) is 18.9 Å². The second-order valence-electron chi connectivity index (χ2n) is 8.24. The van der Waals surface area contributed by atoms with E-state index in [4.69, 9.17) is 15.3 Å². The Balaban J connectivity index is 1.83. The van der Waals surface area contributed by atoms with Crippen molar-refractivity contribution in [2.75, 3.05) is 6.61 Å². The molecule has 0 aliphatic heterocycles. The highest BCUT2D eigenvalue weighted by atomic mass is 19.4. The summed E-state index contributed by atoms with van der Waals surface area (Å²) in [7, 11) is 0. The van der Waals surface area contributed by atoms with Crippen LogP contribution in [0, 0.1) is 24.1 Å². The number of amides is 1. The SMILES string of the molecule is Cc1cccc(OCC(F)(F)F)c1C(=O)NC1CCCCC1C(=N)c1ccc(C(=O)O)cc1F. The number of nitrogens with one attached hydrogen (secondary N) is 2. The van der Waals surface area contributed by atoms with Crippen molar-refractivity contribution in [3.8, 4) is 5.75 Å². The number of aromatic carboxylic acids is 1. The maximum absolute atomic E-state index is 14.6. The number of rotatable bonds is 7. The van der Waals surface area contributed by atoms with Crippen LogP contribution < -0.4 is 10.1 Å². The van der Waals surface area contributed by atoms with Gasteiger partial charge in [0.1, 0.15) is 11.6 Å². The number of carboxylic acid groups (broad SMARTS) is 1. The molecule has 6 nitrogen and oxygen atoms in total. The topological polar surface area (TPSA) is 99.5 Å². The maximum Gasteiger partial charge on any atom is 0.422 e. The van der Waals surface area contributed by atoms with Gasteiger partial charge in [0.2, 0.25) is 0 Å². The fourth-order valence-corrected chi connectivity index (χ4v) is 4.17. The molecule has 0 aromatic heterocycles. The molecule has 0 heterocycles. The Morgan fingerprint density at radius 1 is 1.18 bits per heavy atom. The summed E-state index contributed by atoms with van der Waals surface area (Å²) in [6, 6.07) is 7.09. The van der Waals surface area contributed by atoms with E-state index in [9.17, 15) is 27.2 Å². The van der Waals surface area contributed by atoms with Gasteiger partial charge in [-0.15, -0.1) is 0 Å². The average molecular weight is 480 g/mol. The lowest BCUT2D eigenvalue weighted by Crippen LogP contribution is -2.45. The largest absolute Gasteiger partial charge is 0.483 e. The van der Waals surface area contributed by atoms with Crippen LogP contribution in [-0.4, -0.2) is 41.5 Å². The van der Waals surface area contributed by atoms with Crippen molar-refractivity contribution in [1.82, 2.24) is 5.32 Å². The first-order chi connectivity index (χ1) is 16.0. The van der Waals surface area contributed by atoms with Crippen molar-refractivity contribution in [3.05, 3.63) is 64.5 Å². The van der Waals surface area contributed by atoms with Gasteiger partial charge in [0.25, 0.3) is 5.91 Å². The lowest BCUT2D eigenvalue weighted by atomic mass is 9.79. The van der Waals surface area contributed by atoms with E-state index in [-0.39, 0.29) is 28.2 Å². The number of alkyl halides is 3. The molecule has 2 aromatic rings. The molecule has 1 amide bonds. The molecule has 2 atom stereocenters. The van der Waals surface area contributed by atoms with E-state index in [1.165, 1.54) is 24.3 Å². The van der Waals surface area contributed by atoms with Gasteiger partial charge in [-0.2, -0.15) is 13.2 Å². The molecule has 10 heteroatoms. The summed E-state index contributed by atoms with van der Waals surface area (Å²) >= 11 is 0. The average Bonchev–Trinajstić information content (AvgIpc) is 2.77. The number of benzene rings is 2. The van der Waals surface area contributed by atoms with E-state index in [2.05, 4.69) is 5.32 Å². The first-order valence-corrected chi connectivity index (χ1v) is 10.7. The minimum absolute atomic E-state index is 0.0282. The fourth-order valence-electron chi connectivity index (χ4n) is 4.17. The Bertz CT molecular complexity index is 1100. The van der Waals surface area contributed by atoms with Crippen LogP contribution in [0.15, 0.2) is 36.4 Å². The Kier molecular flexibility index (Phi) is 7.58. The molecule has 0 radical (unpaired) electrons. The molecular weight excluding hydrogens is 456 g/mol. The summed E-state index contributed by atoms with van der Waals surface area (Å²) in [4.78, 5) is 24.1. The maximum atomic E-state index is 14.6. The van der Waals surface area contributed by atoms with E-state index in [0.29, 0.717) is 18.4 Å². The van der Waals surface area contributed by atoms with E-state index in [1.807, 2.05) is 0 Å². The monoisotopic (exact) mass is 480 g/mol. The zero-order valence-electron chi connectivity index (χ0n) is 18.3. The number of ether oxygens (including phenoxy) is 1. The lowest BCUT2D eigenvalue weighted by molar-refractivity contribution is -0.153. The summed E-state index contributed by atoms with van der Waals surface area (Å²) in [5.41, 5.74) is 0.0296. The van der Waals surface area contributed by atoms with Crippen LogP contribution in [0.5, 0.6) is 5.75 Å². The number of halogens is 4. The van der Waals surface area contributed by atoms with E-state index < -0.39 is 42.4 Å². The molecule has 1 aliphatic rings. The van der Waals surface area contributed by atoms with Gasteiger partial charge in [-0.1, -0.05) is 25.0 Å². The van der Waals surface area contributed by atoms with Crippen LogP contribution in [0.4, 0.5) is 17.6 Å². The van der Waals surface area contributed by atoms with Crippen LogP contribution >= 0.6 is 0 Å². The van der Waals surface area contributed by atoms with Crippen LogP contribution in [0.25, 0.3) is 0 Å². The third-order valence-electron chi connectivity index (χ3n) is 5.81. The zero-order chi connectivity index (χ0) is 25.0. The highest BCUT2D eigenvalue weighted by Gasteiger charge is 2.33. The molecule has 1 saturated carbocycles. The van der Waals surface area contributed by atoms with Gasteiger partial charge in [-0.05, 0) is 49.6 Å². The van der Waals surface area contributed by atoms with Gasteiger partial charge in [0.05, 0.1) is 11.1 Å². The Morgan fingerprint density at radius 3 is 2.53 bits per heavy atom. The molecule has 182 valence electrons. The molecule has 2 unspecified atom stereocenters. The predicted octanol–water partition coefficient (Wildman–Crippen LogP) is 5.13. The van der Waals surface area contributed by atoms with Gasteiger partial charge in [0.15, 0.2) is 6.61 Å². The van der Waals surface area contributed by atoms with Gasteiger partial charge < -0.3 is 20.6 Å². The number of carbonyl (C=O) groups excluding carboxylic acids is 1. The molecule has 3 N–H and O–H groups in total. The van der Waals surface area contributed by atoms with Gasteiger partial charge >= 0.3 is 12.1 Å². The van der Waals surface area contributed by atoms with E-state index >= 15 is 0 Å². The summed E-state index contributed by atoms with van der Waals surface area (Å²) in [6.45, 7) is 0.0359. The molecule has 0 spiro atoms. The molecule has 1 aliphatic carbocycles. The van der Waals surface area contributed by atoms with E-state index in [1.54, 1.807) is 13.0 Å². The van der Waals surface area contributed by atoms with Crippen molar-refractivity contribution in [2.24, 2.45) is 5.92 Å². The number of carboxylic acids is 1. The Labute approximate surface area is 193 Å². The Hall–Kier alpha value is -3.43. The number of aryl methyl sites for hydroxylation is 1. The highest BCUT2D eigenvalue weighted by Crippen LogP contribution is 2.30. The fraction of sp³-hybridized carbons (Fsp3) is 0.375. The smallest absolute Gasteiger partial charge is 0.422 e. The quantitative estimate of drug-likeness (QED) is 0.378. The second kappa shape index (κ2) is 10.2. The van der Waals surface area contributed by atoms with Crippen molar-refractivity contribution >= 4 is 17.6 Å². The first kappa shape index (κ1) is 25.2. The Morgan fingerprint density at radius 2 is 1.88 bits per heavy atom. The normalized spacial score (nSPS) is 18.3. The summed E-state index contributed by atoms with van der Waals surface area (Å²) in [5.74, 6) is -3.52. The summed E-state index contributed by atoms with van der Waals surface area (Å²) in [5, 5.41) is 20.4. The number of carbonyl (C=O) groups is 2. The number of hydrogen-bond donors (Lipinski definition) is 3. The highest BCUT2D eigenvalue weighted by molar-refractivity contribution is 6.03. The minimum atomic E-state index is -4.57. The molecule has 0 saturated heterocycles. The molecule has 0 bridgehead atoms. The molecule has 3 rings (SSSR count). The lowest BCUT2D eigenvalue weighted by Gasteiger charge is -2.33. The molecular formula is C24H24F4N2O4. The van der Waals surface area contributed by atoms with Crippen molar-refractivity contribution < 1.29 is 37.0 Å². The molecule has 2 aromatic carbocycles. The van der Waals surface area contributed by atoms with Gasteiger partial charge in [0, 0.05) is 23.2 Å². The molecule has 34 heavy (non-hydrogen) atoms. The minimum Gasteiger partial charge on any atom is -0.483 e. The summed E-state index contributed by atoms with van der Waals surface area (Å²) in [6.07, 6.45) is -2.08. The van der Waals surface area contributed by atoms with Crippen LogP contribution in [-0.2, 0) is 0 Å². The van der Waals surface area contributed by atoms with Crippen LogP contribution in [0.1, 0.15) is 57.5 Å². The van der Waals surface area contributed by atoms with Crippen LogP contribution in [0.2, 0.25) is 0 Å². The third-order valence-corrected chi connectivity index (χ3v) is 5.81. The predicted molar refractivity (Wildman–Crippen MR) is 116 cm³/mol. The third kappa shape index (κ3) is 5.92. The van der Waals surface area contributed by atoms with Crippen molar-refractivity contribution in [1.29, 1.82) is 5.41 Å². The van der Waals surface area contributed by atoms with Gasteiger partial charge in [-0.3, -0.25) is 4.79 Å². The van der Waals surface area contributed by atoms with Crippen molar-refractivity contribution in [3.63, 3.8) is 0 Å². The standard InChI is InChI=1S/C24H24F4N2O4/c1-13-5-4-8-19(34-12-24(26,27)28)20(13)22(31)30-18-7-3-2-6-16(18)21(29)15-10-9-14(23(32)33)11-17(15)25/h4-5,8-11,16,18,29H,2-3,6-7,12H2,1H3,(H,30,31)(H,32,33). The van der Waals surface area contributed by atoms with Gasteiger partial charge in [-0.25, -0.2) is 9.18 Å². The van der Waals surface area contributed by atoms with Crippen LogP contribution in [0.3, 0.4) is 0 Å². The zero-order valence-corrected chi connectivity index (χ0v) is 18.3. The molecule has 1 fully saturated rings. The first-order valence-electron chi connectivity index (χ1n) is 10.7. The summed E-state index contributed by atoms with van der Waals surface area (Å²) < 4.78 is 57.3. The van der Waals surface area contributed by atoms with Crippen molar-refractivity contribution in [2.45, 2.75) is 44.8 Å². The number of hydrogen-bond acceptors (Lipinski definition) is 4. The second-order valence-corrected chi connectivity index (χ2v) is 8.24.